The van der Waals surface area contributed by atoms with Crippen molar-refractivity contribution in [2.24, 2.45) is 5.92 Å². The molecule has 0 N–H and O–H groups in total. The Morgan fingerprint density at radius 2 is 1.77 bits per heavy atom. The number of fused-ring (bicyclic) bond motifs is 1. The number of benzene rings is 2. The molecule has 22 heavy (non-hydrogen) atoms. The van der Waals surface area contributed by atoms with Crippen LogP contribution in [0.25, 0.3) is 10.8 Å². The van der Waals surface area contributed by atoms with E-state index in [0.29, 0.717) is 5.92 Å². The van der Waals surface area contributed by atoms with Gasteiger partial charge < -0.3 is 4.74 Å². The molecule has 0 bridgehead atoms. The second-order valence-corrected chi connectivity index (χ2v) is 7.49. The van der Waals surface area contributed by atoms with E-state index in [1.54, 1.807) is 0 Å². The Bertz CT molecular complexity index is 618. The molecule has 2 unspecified atom stereocenters. The molecule has 0 spiro atoms. The van der Waals surface area contributed by atoms with Crippen molar-refractivity contribution >= 4 is 23.4 Å². The maximum absolute atomic E-state index is 6.07. The molecule has 0 radical (unpaired) electrons. The van der Waals surface area contributed by atoms with E-state index in [9.17, 15) is 0 Å². The normalized spacial score (nSPS) is 15.5. The lowest BCUT2D eigenvalue weighted by Gasteiger charge is -2.26. The smallest absolute Gasteiger partial charge is 0.127 e. The van der Waals surface area contributed by atoms with Gasteiger partial charge in [0.1, 0.15) is 5.75 Å². The highest BCUT2D eigenvalue weighted by atomic mass is 32.1. The minimum atomic E-state index is -0.108. The maximum Gasteiger partial charge on any atom is 0.127 e. The second kappa shape index (κ2) is 7.41. The van der Waals surface area contributed by atoms with Gasteiger partial charge in [-0.05, 0) is 36.3 Å². The Morgan fingerprint density at radius 1 is 1.09 bits per heavy atom. The van der Waals surface area contributed by atoms with Gasteiger partial charge in [0, 0.05) is 10.1 Å². The fourth-order valence-electron chi connectivity index (χ4n) is 2.84. The fourth-order valence-corrected chi connectivity index (χ4v) is 3.26. The topological polar surface area (TPSA) is 9.23 Å². The number of hydrogen-bond acceptors (Lipinski definition) is 2. The van der Waals surface area contributed by atoms with Crippen LogP contribution in [0.1, 0.15) is 52.5 Å². The van der Waals surface area contributed by atoms with E-state index in [1.165, 1.54) is 16.3 Å². The van der Waals surface area contributed by atoms with Crippen LogP contribution in [0, 0.1) is 5.92 Å². The van der Waals surface area contributed by atoms with Crippen molar-refractivity contribution in [3.05, 3.63) is 42.0 Å². The van der Waals surface area contributed by atoms with Crippen molar-refractivity contribution < 1.29 is 4.74 Å². The van der Waals surface area contributed by atoms with Crippen LogP contribution in [0.2, 0.25) is 0 Å². The van der Waals surface area contributed by atoms with Crippen LogP contribution in [-0.4, -0.2) is 6.61 Å². The predicted molar refractivity (Wildman–Crippen MR) is 100 cm³/mol. The van der Waals surface area contributed by atoms with E-state index in [0.717, 1.165) is 31.6 Å². The summed E-state index contributed by atoms with van der Waals surface area (Å²) in [5.74, 6) is 1.56. The first kappa shape index (κ1) is 17.2. The SMILES string of the molecule is CCCC(C)(S)c1ccc(OCC(C)CC)c2ccccc12. The fraction of sp³-hybridized carbons (Fsp3) is 0.500. The third kappa shape index (κ3) is 3.78. The molecule has 0 aliphatic carbocycles. The van der Waals surface area contributed by atoms with Gasteiger partial charge in [0.15, 0.2) is 0 Å². The van der Waals surface area contributed by atoms with Gasteiger partial charge in [-0.2, -0.15) is 12.6 Å². The lowest BCUT2D eigenvalue weighted by atomic mass is 9.90. The lowest BCUT2D eigenvalue weighted by molar-refractivity contribution is 0.259. The highest BCUT2D eigenvalue weighted by Crippen LogP contribution is 2.40. The van der Waals surface area contributed by atoms with Gasteiger partial charge in [-0.1, -0.05) is 63.9 Å². The number of hydrogen-bond donors (Lipinski definition) is 1. The number of thiol groups is 1. The summed E-state index contributed by atoms with van der Waals surface area (Å²) in [5.41, 5.74) is 1.30. The Hall–Kier alpha value is -1.15. The molecule has 0 saturated heterocycles. The highest BCUT2D eigenvalue weighted by molar-refractivity contribution is 7.81. The average Bonchev–Trinajstić information content (AvgIpc) is 2.51. The van der Waals surface area contributed by atoms with Crippen molar-refractivity contribution in [3.8, 4) is 5.75 Å². The van der Waals surface area contributed by atoms with Crippen LogP contribution >= 0.6 is 12.6 Å². The minimum absolute atomic E-state index is 0.108. The predicted octanol–water partition coefficient (Wildman–Crippen LogP) is 6.21. The Balaban J connectivity index is 2.43. The van der Waals surface area contributed by atoms with E-state index < -0.39 is 0 Å². The third-order valence-corrected chi connectivity index (χ3v) is 4.89. The van der Waals surface area contributed by atoms with Crippen LogP contribution in [0.5, 0.6) is 5.75 Å². The molecular weight excluding hydrogens is 288 g/mol. The summed E-state index contributed by atoms with van der Waals surface area (Å²) in [5, 5.41) is 2.45. The van der Waals surface area contributed by atoms with Crippen molar-refractivity contribution in [2.45, 2.75) is 51.7 Å². The minimum Gasteiger partial charge on any atom is -0.493 e. The largest absolute Gasteiger partial charge is 0.493 e. The van der Waals surface area contributed by atoms with E-state index in [4.69, 9.17) is 17.4 Å². The Morgan fingerprint density at radius 3 is 2.41 bits per heavy atom. The first-order chi connectivity index (χ1) is 10.5. The zero-order chi connectivity index (χ0) is 16.2. The average molecular weight is 317 g/mol. The Kier molecular flexibility index (Phi) is 5.80. The van der Waals surface area contributed by atoms with Crippen LogP contribution in [0.3, 0.4) is 0 Å². The first-order valence-electron chi connectivity index (χ1n) is 8.37. The van der Waals surface area contributed by atoms with Gasteiger partial charge in [0.2, 0.25) is 0 Å². The molecule has 0 heterocycles. The summed E-state index contributed by atoms with van der Waals surface area (Å²) in [6.07, 6.45) is 3.33. The van der Waals surface area contributed by atoms with Crippen LogP contribution in [0.15, 0.2) is 36.4 Å². The van der Waals surface area contributed by atoms with E-state index in [1.807, 2.05) is 0 Å². The number of ether oxygens (including phenoxy) is 1. The molecular formula is C20H28OS. The monoisotopic (exact) mass is 316 g/mol. The highest BCUT2D eigenvalue weighted by Gasteiger charge is 2.23. The molecule has 0 saturated carbocycles. The summed E-state index contributed by atoms with van der Waals surface area (Å²) in [6, 6.07) is 12.8. The van der Waals surface area contributed by atoms with Gasteiger partial charge in [-0.3, -0.25) is 0 Å². The van der Waals surface area contributed by atoms with E-state index in [2.05, 4.69) is 64.1 Å². The molecule has 0 fully saturated rings. The van der Waals surface area contributed by atoms with Crippen LogP contribution in [-0.2, 0) is 4.75 Å². The van der Waals surface area contributed by atoms with E-state index >= 15 is 0 Å². The zero-order valence-corrected chi connectivity index (χ0v) is 15.1. The molecule has 2 rings (SSSR count). The molecule has 1 nitrogen and oxygen atoms in total. The molecule has 0 aromatic heterocycles. The quantitative estimate of drug-likeness (QED) is 0.597. The van der Waals surface area contributed by atoms with Gasteiger partial charge in [-0.15, -0.1) is 0 Å². The standard InChI is InChI=1S/C20H28OS/c1-5-13-20(4,22)18-11-12-19(21-14-15(3)6-2)17-10-8-7-9-16(17)18/h7-12,15,22H,5-6,13-14H2,1-4H3. The maximum atomic E-state index is 6.07. The second-order valence-electron chi connectivity index (χ2n) is 6.51. The van der Waals surface area contributed by atoms with Gasteiger partial charge >= 0.3 is 0 Å². The van der Waals surface area contributed by atoms with Crippen molar-refractivity contribution in [3.63, 3.8) is 0 Å². The summed E-state index contributed by atoms with van der Waals surface area (Å²) in [7, 11) is 0. The lowest BCUT2D eigenvalue weighted by Crippen LogP contribution is -2.14. The van der Waals surface area contributed by atoms with Gasteiger partial charge in [0.25, 0.3) is 0 Å². The molecule has 0 amide bonds. The van der Waals surface area contributed by atoms with Crippen LogP contribution < -0.4 is 4.74 Å². The molecule has 0 aliphatic heterocycles. The number of rotatable bonds is 7. The first-order valence-corrected chi connectivity index (χ1v) is 8.81. The summed E-state index contributed by atoms with van der Waals surface area (Å²) >= 11 is 4.93. The summed E-state index contributed by atoms with van der Waals surface area (Å²) in [4.78, 5) is 0. The molecule has 2 aromatic carbocycles. The molecule has 2 heteroatoms. The molecule has 2 aromatic rings. The third-order valence-electron chi connectivity index (χ3n) is 4.42. The molecule has 120 valence electrons. The molecule has 2 atom stereocenters. The van der Waals surface area contributed by atoms with Gasteiger partial charge in [-0.25, -0.2) is 0 Å². The van der Waals surface area contributed by atoms with Crippen molar-refractivity contribution in [1.29, 1.82) is 0 Å². The zero-order valence-electron chi connectivity index (χ0n) is 14.2. The summed E-state index contributed by atoms with van der Waals surface area (Å²) < 4.78 is 5.97. The Labute approximate surface area is 140 Å². The molecule has 0 aliphatic rings. The van der Waals surface area contributed by atoms with E-state index in [-0.39, 0.29) is 4.75 Å². The van der Waals surface area contributed by atoms with Crippen molar-refractivity contribution in [2.75, 3.05) is 6.61 Å². The van der Waals surface area contributed by atoms with Crippen molar-refractivity contribution in [1.82, 2.24) is 0 Å². The van der Waals surface area contributed by atoms with Gasteiger partial charge in [0.05, 0.1) is 6.61 Å². The summed E-state index contributed by atoms with van der Waals surface area (Å²) in [6.45, 7) is 9.61. The van der Waals surface area contributed by atoms with Crippen LogP contribution in [0.4, 0.5) is 0 Å².